The van der Waals surface area contributed by atoms with E-state index < -0.39 is 0 Å². The maximum atomic E-state index is 13.5. The molecule has 0 radical (unpaired) electrons. The highest BCUT2D eigenvalue weighted by molar-refractivity contribution is 5.82. The van der Waals surface area contributed by atoms with Gasteiger partial charge in [-0.15, -0.1) is 0 Å². The van der Waals surface area contributed by atoms with Gasteiger partial charge in [0, 0.05) is 11.4 Å². The molecular formula is C12H11FN2. The number of para-hydroxylation sites is 1. The van der Waals surface area contributed by atoms with Gasteiger partial charge >= 0.3 is 0 Å². The standard InChI is InChI=1S/C12H11FN2/c1-7-5-9-6-8-3-2-4-10(13)11(8)15-12(9)14-7/h2-4,6-7H,5H2,1H3,(H,14,15). The Hall–Kier alpha value is -1.64. The lowest BCUT2D eigenvalue weighted by Crippen LogP contribution is -2.08. The highest BCUT2D eigenvalue weighted by atomic mass is 19.1. The van der Waals surface area contributed by atoms with Gasteiger partial charge in [-0.2, -0.15) is 0 Å². The average molecular weight is 202 g/mol. The molecule has 0 bridgehead atoms. The number of nitrogens with zero attached hydrogens (tertiary/aromatic N) is 1. The van der Waals surface area contributed by atoms with E-state index in [1.54, 1.807) is 6.07 Å². The minimum atomic E-state index is -0.253. The second-order valence-electron chi connectivity index (χ2n) is 4.06. The average Bonchev–Trinajstić information content (AvgIpc) is 2.55. The van der Waals surface area contributed by atoms with Crippen molar-refractivity contribution in [3.05, 3.63) is 35.6 Å². The maximum absolute atomic E-state index is 13.5. The first-order chi connectivity index (χ1) is 7.24. The van der Waals surface area contributed by atoms with Crippen LogP contribution >= 0.6 is 0 Å². The molecule has 2 aromatic rings. The molecule has 1 aromatic carbocycles. The predicted octanol–water partition coefficient (Wildman–Crippen LogP) is 2.73. The molecule has 1 unspecified atom stereocenters. The molecule has 0 fully saturated rings. The Morgan fingerprint density at radius 3 is 3.20 bits per heavy atom. The molecule has 0 saturated carbocycles. The molecule has 2 heterocycles. The number of hydrogen-bond donors (Lipinski definition) is 1. The van der Waals surface area contributed by atoms with Crippen molar-refractivity contribution in [2.24, 2.45) is 0 Å². The fraction of sp³-hybridized carbons (Fsp3) is 0.250. The molecule has 0 spiro atoms. The van der Waals surface area contributed by atoms with Crippen LogP contribution in [0.15, 0.2) is 24.3 Å². The summed E-state index contributed by atoms with van der Waals surface area (Å²) in [6, 6.07) is 7.48. The molecule has 1 N–H and O–H groups in total. The van der Waals surface area contributed by atoms with Gasteiger partial charge < -0.3 is 5.32 Å². The van der Waals surface area contributed by atoms with Crippen LogP contribution in [0.1, 0.15) is 12.5 Å². The second kappa shape index (κ2) is 2.92. The van der Waals surface area contributed by atoms with E-state index in [0.29, 0.717) is 11.6 Å². The van der Waals surface area contributed by atoms with Gasteiger partial charge in [-0.3, -0.25) is 0 Å². The molecule has 0 saturated heterocycles. The quantitative estimate of drug-likeness (QED) is 0.710. The van der Waals surface area contributed by atoms with Crippen LogP contribution in [-0.2, 0) is 6.42 Å². The Kier molecular flexibility index (Phi) is 1.69. The van der Waals surface area contributed by atoms with Crippen molar-refractivity contribution in [1.82, 2.24) is 4.98 Å². The number of halogens is 1. The highest BCUT2D eigenvalue weighted by Gasteiger charge is 2.19. The first kappa shape index (κ1) is 8.65. The molecule has 76 valence electrons. The van der Waals surface area contributed by atoms with Gasteiger partial charge in [0.2, 0.25) is 0 Å². The Balaban J connectivity index is 2.30. The summed E-state index contributed by atoms with van der Waals surface area (Å²) >= 11 is 0. The number of benzene rings is 1. The number of rotatable bonds is 0. The SMILES string of the molecule is CC1Cc2cc3cccc(F)c3nc2N1. The van der Waals surface area contributed by atoms with E-state index in [9.17, 15) is 4.39 Å². The third-order valence-electron chi connectivity index (χ3n) is 2.78. The Labute approximate surface area is 87.1 Å². The number of nitrogens with one attached hydrogen (secondary N) is 1. The van der Waals surface area contributed by atoms with Crippen LogP contribution in [0.2, 0.25) is 0 Å². The Morgan fingerprint density at radius 1 is 1.47 bits per heavy atom. The summed E-state index contributed by atoms with van der Waals surface area (Å²) in [5.74, 6) is 0.580. The molecule has 3 heteroatoms. The molecule has 0 aliphatic carbocycles. The van der Waals surface area contributed by atoms with Crippen molar-refractivity contribution in [2.75, 3.05) is 5.32 Å². The highest BCUT2D eigenvalue weighted by Crippen LogP contribution is 2.28. The summed E-state index contributed by atoms with van der Waals surface area (Å²) in [5, 5.41) is 4.12. The predicted molar refractivity (Wildman–Crippen MR) is 58.5 cm³/mol. The summed E-state index contributed by atoms with van der Waals surface area (Å²) in [6.45, 7) is 2.10. The molecule has 1 aromatic heterocycles. The van der Waals surface area contributed by atoms with Crippen LogP contribution in [0.4, 0.5) is 10.2 Å². The first-order valence-corrected chi connectivity index (χ1v) is 5.09. The van der Waals surface area contributed by atoms with E-state index in [1.807, 2.05) is 12.1 Å². The van der Waals surface area contributed by atoms with Crippen molar-refractivity contribution in [3.63, 3.8) is 0 Å². The molecule has 3 rings (SSSR count). The normalized spacial score (nSPS) is 18.9. The number of hydrogen-bond acceptors (Lipinski definition) is 2. The summed E-state index contributed by atoms with van der Waals surface area (Å²) in [6.07, 6.45) is 0.967. The zero-order valence-electron chi connectivity index (χ0n) is 8.42. The van der Waals surface area contributed by atoms with E-state index in [0.717, 1.165) is 17.6 Å². The first-order valence-electron chi connectivity index (χ1n) is 5.09. The van der Waals surface area contributed by atoms with Crippen molar-refractivity contribution in [1.29, 1.82) is 0 Å². The van der Waals surface area contributed by atoms with Gasteiger partial charge in [0.05, 0.1) is 0 Å². The summed E-state index contributed by atoms with van der Waals surface area (Å²) in [5.41, 5.74) is 1.64. The van der Waals surface area contributed by atoms with Crippen LogP contribution in [0.5, 0.6) is 0 Å². The second-order valence-corrected chi connectivity index (χ2v) is 4.06. The molecule has 0 amide bonds. The summed E-state index contributed by atoms with van der Waals surface area (Å²) in [4.78, 5) is 4.32. The topological polar surface area (TPSA) is 24.9 Å². The third kappa shape index (κ3) is 1.27. The van der Waals surface area contributed by atoms with E-state index in [4.69, 9.17) is 0 Å². The largest absolute Gasteiger partial charge is 0.367 e. The molecule has 1 aliphatic heterocycles. The van der Waals surface area contributed by atoms with E-state index in [1.165, 1.54) is 11.6 Å². The van der Waals surface area contributed by atoms with Gasteiger partial charge in [-0.05, 0) is 31.0 Å². The third-order valence-corrected chi connectivity index (χ3v) is 2.78. The van der Waals surface area contributed by atoms with Crippen LogP contribution in [0, 0.1) is 5.82 Å². The number of fused-ring (bicyclic) bond motifs is 2. The fourth-order valence-corrected chi connectivity index (χ4v) is 2.10. The minimum Gasteiger partial charge on any atom is -0.367 e. The van der Waals surface area contributed by atoms with Gasteiger partial charge in [-0.25, -0.2) is 9.37 Å². The van der Waals surface area contributed by atoms with Crippen molar-refractivity contribution < 1.29 is 4.39 Å². The Morgan fingerprint density at radius 2 is 2.33 bits per heavy atom. The van der Waals surface area contributed by atoms with E-state index in [-0.39, 0.29) is 5.82 Å². The lowest BCUT2D eigenvalue weighted by molar-refractivity contribution is 0.637. The van der Waals surface area contributed by atoms with Crippen LogP contribution in [-0.4, -0.2) is 11.0 Å². The van der Waals surface area contributed by atoms with Crippen LogP contribution in [0.25, 0.3) is 10.9 Å². The van der Waals surface area contributed by atoms with Crippen molar-refractivity contribution in [3.8, 4) is 0 Å². The maximum Gasteiger partial charge on any atom is 0.149 e. The van der Waals surface area contributed by atoms with E-state index >= 15 is 0 Å². The lowest BCUT2D eigenvalue weighted by atomic mass is 10.1. The van der Waals surface area contributed by atoms with Crippen LogP contribution in [0.3, 0.4) is 0 Å². The van der Waals surface area contributed by atoms with Gasteiger partial charge in [0.15, 0.2) is 0 Å². The van der Waals surface area contributed by atoms with Gasteiger partial charge in [0.25, 0.3) is 0 Å². The van der Waals surface area contributed by atoms with Gasteiger partial charge in [-0.1, -0.05) is 12.1 Å². The molecule has 15 heavy (non-hydrogen) atoms. The molecule has 2 nitrogen and oxygen atoms in total. The fourth-order valence-electron chi connectivity index (χ4n) is 2.10. The zero-order chi connectivity index (χ0) is 10.4. The molecular weight excluding hydrogens is 191 g/mol. The van der Waals surface area contributed by atoms with Gasteiger partial charge in [0.1, 0.15) is 17.2 Å². The molecule has 1 aliphatic rings. The van der Waals surface area contributed by atoms with E-state index in [2.05, 4.69) is 17.2 Å². The number of anilines is 1. The summed E-state index contributed by atoms with van der Waals surface area (Å²) in [7, 11) is 0. The number of aromatic nitrogens is 1. The smallest absolute Gasteiger partial charge is 0.149 e. The number of pyridine rings is 1. The van der Waals surface area contributed by atoms with Crippen molar-refractivity contribution >= 4 is 16.7 Å². The molecule has 1 atom stereocenters. The minimum absolute atomic E-state index is 0.253. The van der Waals surface area contributed by atoms with Crippen molar-refractivity contribution in [2.45, 2.75) is 19.4 Å². The zero-order valence-corrected chi connectivity index (χ0v) is 8.42. The lowest BCUT2D eigenvalue weighted by Gasteiger charge is -2.03. The summed E-state index contributed by atoms with van der Waals surface area (Å²) < 4.78 is 13.5. The Bertz CT molecular complexity index is 536. The van der Waals surface area contributed by atoms with Crippen LogP contribution < -0.4 is 5.32 Å². The monoisotopic (exact) mass is 202 g/mol.